The fraction of sp³-hybridized carbons (Fsp3) is 0.250. The standard InChI is InChI=1S/C12H11F3N2O3S/c1-21(18,19)11-16-6-7-17(11)8-9-2-4-10(5-3-9)20-12(13,14)15/h2-7H,8H2,1H3. The van der Waals surface area contributed by atoms with Gasteiger partial charge in [-0.15, -0.1) is 13.2 Å². The zero-order valence-electron chi connectivity index (χ0n) is 10.8. The number of hydrogen-bond acceptors (Lipinski definition) is 4. The number of alkyl halides is 3. The minimum absolute atomic E-state index is 0.0990. The fourth-order valence-electron chi connectivity index (χ4n) is 1.74. The summed E-state index contributed by atoms with van der Waals surface area (Å²) in [6.07, 6.45) is -0.880. The topological polar surface area (TPSA) is 61.2 Å². The van der Waals surface area contributed by atoms with E-state index in [0.717, 1.165) is 6.26 Å². The van der Waals surface area contributed by atoms with Gasteiger partial charge in [0.1, 0.15) is 5.75 Å². The summed E-state index contributed by atoms with van der Waals surface area (Å²) in [6, 6.07) is 5.18. The molecule has 1 heterocycles. The molecule has 1 aromatic carbocycles. The van der Waals surface area contributed by atoms with Crippen molar-refractivity contribution in [3.63, 3.8) is 0 Å². The Bertz CT molecular complexity index is 721. The Morgan fingerprint density at radius 2 is 1.86 bits per heavy atom. The van der Waals surface area contributed by atoms with Crippen molar-refractivity contribution in [2.75, 3.05) is 6.26 Å². The fourth-order valence-corrected chi connectivity index (χ4v) is 2.54. The van der Waals surface area contributed by atoms with Gasteiger partial charge in [0.05, 0.1) is 0 Å². The molecule has 21 heavy (non-hydrogen) atoms. The Morgan fingerprint density at radius 1 is 1.24 bits per heavy atom. The largest absolute Gasteiger partial charge is 0.573 e. The van der Waals surface area contributed by atoms with E-state index in [2.05, 4.69) is 9.72 Å². The van der Waals surface area contributed by atoms with Crippen LogP contribution >= 0.6 is 0 Å². The minimum Gasteiger partial charge on any atom is -0.406 e. The Morgan fingerprint density at radius 3 is 2.38 bits per heavy atom. The van der Waals surface area contributed by atoms with Crippen LogP contribution in [0.5, 0.6) is 5.75 Å². The second-order valence-electron chi connectivity index (χ2n) is 4.30. The van der Waals surface area contributed by atoms with Gasteiger partial charge in [0.25, 0.3) is 0 Å². The van der Waals surface area contributed by atoms with Crippen LogP contribution in [-0.2, 0) is 16.4 Å². The average molecular weight is 320 g/mol. The molecule has 114 valence electrons. The van der Waals surface area contributed by atoms with Crippen molar-refractivity contribution in [3.8, 4) is 5.75 Å². The predicted molar refractivity (Wildman–Crippen MR) is 67.6 cm³/mol. The van der Waals surface area contributed by atoms with Crippen molar-refractivity contribution in [1.29, 1.82) is 0 Å². The van der Waals surface area contributed by atoms with E-state index >= 15 is 0 Å². The number of nitrogens with zero attached hydrogens (tertiary/aromatic N) is 2. The molecule has 2 aromatic rings. The van der Waals surface area contributed by atoms with Crippen LogP contribution < -0.4 is 4.74 Å². The van der Waals surface area contributed by atoms with E-state index in [9.17, 15) is 21.6 Å². The summed E-state index contributed by atoms with van der Waals surface area (Å²) in [4.78, 5) is 3.75. The van der Waals surface area contributed by atoms with E-state index in [0.29, 0.717) is 5.56 Å². The van der Waals surface area contributed by atoms with Crippen LogP contribution in [0, 0.1) is 0 Å². The molecule has 1 aromatic heterocycles. The third kappa shape index (κ3) is 4.22. The van der Waals surface area contributed by atoms with E-state index < -0.39 is 16.2 Å². The SMILES string of the molecule is CS(=O)(=O)c1nccn1Cc1ccc(OC(F)(F)F)cc1. The first kappa shape index (κ1) is 15.4. The molecule has 0 saturated carbocycles. The molecule has 0 bridgehead atoms. The second-order valence-corrected chi connectivity index (χ2v) is 6.21. The zero-order chi connectivity index (χ0) is 15.7. The number of aromatic nitrogens is 2. The highest BCUT2D eigenvalue weighted by Crippen LogP contribution is 2.23. The first-order valence-electron chi connectivity index (χ1n) is 5.71. The molecule has 0 spiro atoms. The van der Waals surface area contributed by atoms with Crippen LogP contribution in [0.1, 0.15) is 5.56 Å². The number of imidazole rings is 1. The third-order valence-electron chi connectivity index (χ3n) is 2.52. The molecule has 0 amide bonds. The molecule has 0 aliphatic carbocycles. The number of hydrogen-bond donors (Lipinski definition) is 0. The summed E-state index contributed by atoms with van der Waals surface area (Å²) in [5, 5.41) is -0.0990. The maximum Gasteiger partial charge on any atom is 0.573 e. The summed E-state index contributed by atoms with van der Waals surface area (Å²) >= 11 is 0. The summed E-state index contributed by atoms with van der Waals surface area (Å²) in [5.74, 6) is -0.333. The highest BCUT2D eigenvalue weighted by atomic mass is 32.2. The average Bonchev–Trinajstić information content (AvgIpc) is 2.77. The van der Waals surface area contributed by atoms with Crippen molar-refractivity contribution in [3.05, 3.63) is 42.2 Å². The summed E-state index contributed by atoms with van der Waals surface area (Å²) in [6.45, 7) is 0.175. The molecule has 0 saturated heterocycles. The molecule has 0 N–H and O–H groups in total. The van der Waals surface area contributed by atoms with Crippen LogP contribution in [0.3, 0.4) is 0 Å². The highest BCUT2D eigenvalue weighted by molar-refractivity contribution is 7.90. The predicted octanol–water partition coefficient (Wildman–Crippen LogP) is 2.23. The van der Waals surface area contributed by atoms with Gasteiger partial charge in [0.15, 0.2) is 0 Å². The van der Waals surface area contributed by atoms with Gasteiger partial charge in [0.2, 0.25) is 15.0 Å². The summed E-state index contributed by atoms with van der Waals surface area (Å²) < 4.78 is 64.2. The van der Waals surface area contributed by atoms with E-state index in [1.165, 1.54) is 41.2 Å². The van der Waals surface area contributed by atoms with Gasteiger partial charge in [-0.25, -0.2) is 13.4 Å². The minimum atomic E-state index is -4.74. The Hall–Kier alpha value is -2.03. The molecule has 0 aliphatic heterocycles. The lowest BCUT2D eigenvalue weighted by Gasteiger charge is -2.10. The van der Waals surface area contributed by atoms with Crippen LogP contribution in [-0.4, -0.2) is 30.6 Å². The van der Waals surface area contributed by atoms with E-state index in [1.807, 2.05) is 0 Å². The summed E-state index contributed by atoms with van der Waals surface area (Å²) in [7, 11) is -3.46. The van der Waals surface area contributed by atoms with E-state index in [1.54, 1.807) is 0 Å². The van der Waals surface area contributed by atoms with Gasteiger partial charge in [-0.2, -0.15) is 0 Å². The van der Waals surface area contributed by atoms with Crippen molar-refractivity contribution in [2.24, 2.45) is 0 Å². The number of benzene rings is 1. The number of ether oxygens (including phenoxy) is 1. The number of halogens is 3. The molecule has 0 fully saturated rings. The van der Waals surface area contributed by atoms with Crippen molar-refractivity contribution < 1.29 is 26.3 Å². The molecule has 0 aliphatic rings. The van der Waals surface area contributed by atoms with Gasteiger partial charge in [-0.05, 0) is 17.7 Å². The van der Waals surface area contributed by atoms with Crippen LogP contribution in [0.2, 0.25) is 0 Å². The van der Waals surface area contributed by atoms with Gasteiger partial charge in [-0.1, -0.05) is 12.1 Å². The molecular formula is C12H11F3N2O3S. The lowest BCUT2D eigenvalue weighted by atomic mass is 10.2. The molecule has 0 atom stereocenters. The smallest absolute Gasteiger partial charge is 0.406 e. The maximum atomic E-state index is 12.0. The Kier molecular flexibility index (Phi) is 3.95. The zero-order valence-corrected chi connectivity index (χ0v) is 11.6. The number of sulfone groups is 1. The van der Waals surface area contributed by atoms with Crippen LogP contribution in [0.4, 0.5) is 13.2 Å². The maximum absolute atomic E-state index is 12.0. The molecule has 0 radical (unpaired) electrons. The Labute approximate surface area is 118 Å². The molecule has 9 heteroatoms. The molecule has 5 nitrogen and oxygen atoms in total. The molecular weight excluding hydrogens is 309 g/mol. The van der Waals surface area contributed by atoms with Crippen LogP contribution in [0.15, 0.2) is 41.8 Å². The first-order chi connectivity index (χ1) is 9.65. The summed E-state index contributed by atoms with van der Waals surface area (Å²) in [5.41, 5.74) is 0.618. The van der Waals surface area contributed by atoms with Gasteiger partial charge in [0, 0.05) is 25.2 Å². The lowest BCUT2D eigenvalue weighted by Crippen LogP contribution is -2.17. The quantitative estimate of drug-likeness (QED) is 0.867. The Balaban J connectivity index is 2.17. The second kappa shape index (κ2) is 5.40. The van der Waals surface area contributed by atoms with Crippen molar-refractivity contribution >= 4 is 9.84 Å². The first-order valence-corrected chi connectivity index (χ1v) is 7.60. The monoisotopic (exact) mass is 320 g/mol. The normalized spacial score (nSPS) is 12.4. The van der Waals surface area contributed by atoms with Crippen LogP contribution in [0.25, 0.3) is 0 Å². The van der Waals surface area contributed by atoms with Gasteiger partial charge >= 0.3 is 6.36 Å². The van der Waals surface area contributed by atoms with Crippen molar-refractivity contribution in [1.82, 2.24) is 9.55 Å². The van der Waals surface area contributed by atoms with Gasteiger partial charge < -0.3 is 9.30 Å². The number of rotatable bonds is 4. The highest BCUT2D eigenvalue weighted by Gasteiger charge is 2.30. The van der Waals surface area contributed by atoms with Gasteiger partial charge in [-0.3, -0.25) is 0 Å². The van der Waals surface area contributed by atoms with E-state index in [4.69, 9.17) is 0 Å². The lowest BCUT2D eigenvalue weighted by molar-refractivity contribution is -0.274. The van der Waals surface area contributed by atoms with Crippen molar-refractivity contribution in [2.45, 2.75) is 18.1 Å². The third-order valence-corrected chi connectivity index (χ3v) is 3.52. The van der Waals surface area contributed by atoms with E-state index in [-0.39, 0.29) is 17.5 Å². The molecule has 0 unspecified atom stereocenters. The molecule has 2 rings (SSSR count).